The van der Waals surface area contributed by atoms with Crippen molar-refractivity contribution in [2.45, 2.75) is 63.2 Å². The molecule has 0 radical (unpaired) electrons. The minimum absolute atomic E-state index is 0.239. The molecule has 0 aliphatic carbocycles. The number of aromatic nitrogens is 4. The third-order valence-corrected chi connectivity index (χ3v) is 10.1. The average Bonchev–Trinajstić information content (AvgIpc) is 2.71. The fraction of sp³-hybridized carbons (Fsp3) is 0.417. The Kier molecular flexibility index (Phi) is 6.70. The summed E-state index contributed by atoms with van der Waals surface area (Å²) in [4.78, 5) is 18.1. The molecule has 30 heavy (non-hydrogen) atoms. The first-order chi connectivity index (χ1) is 14.0. The summed E-state index contributed by atoms with van der Waals surface area (Å²) < 4.78 is 0. The monoisotopic (exact) mass is 438 g/mol. The van der Waals surface area contributed by atoms with E-state index < -0.39 is 5.16 Å². The van der Waals surface area contributed by atoms with Gasteiger partial charge in [0.15, 0.2) is 0 Å². The van der Waals surface area contributed by atoms with Gasteiger partial charge in [-0.15, -0.1) is 9.24 Å². The Labute approximate surface area is 184 Å². The van der Waals surface area contributed by atoms with Crippen LogP contribution in [0.3, 0.4) is 0 Å². The van der Waals surface area contributed by atoms with Gasteiger partial charge in [0, 0.05) is 24.8 Å². The van der Waals surface area contributed by atoms with E-state index in [2.05, 4.69) is 95.0 Å². The van der Waals surface area contributed by atoms with Crippen LogP contribution < -0.4 is 0 Å². The molecule has 0 saturated heterocycles. The standard InChI is InChI=1S/C24H32N4P2/c1-22(2,3)30(23(4,5)6)17-18-9-7-8-10-19(18)24(29,20-15-25-11-13-27-20)21-16-26-12-14-28-21/h7-16H,17,29H2,1-6H3. The molecule has 0 fully saturated rings. The van der Waals surface area contributed by atoms with E-state index in [9.17, 15) is 0 Å². The zero-order valence-corrected chi connectivity index (χ0v) is 20.8. The van der Waals surface area contributed by atoms with Gasteiger partial charge in [-0.3, -0.25) is 19.9 Å². The Morgan fingerprint density at radius 2 is 1.27 bits per heavy atom. The quantitative estimate of drug-likeness (QED) is 0.458. The Morgan fingerprint density at radius 3 is 1.70 bits per heavy atom. The van der Waals surface area contributed by atoms with Crippen molar-refractivity contribution in [2.75, 3.05) is 0 Å². The molecule has 2 heterocycles. The van der Waals surface area contributed by atoms with Crippen LogP contribution in [-0.2, 0) is 11.3 Å². The van der Waals surface area contributed by atoms with Crippen molar-refractivity contribution in [1.82, 2.24) is 19.9 Å². The molecule has 3 aromatic rings. The highest BCUT2D eigenvalue weighted by Crippen LogP contribution is 2.62. The molecule has 0 spiro atoms. The number of rotatable bonds is 5. The number of benzene rings is 1. The van der Waals surface area contributed by atoms with E-state index in [1.807, 2.05) is 12.4 Å². The summed E-state index contributed by atoms with van der Waals surface area (Å²) >= 11 is 0. The summed E-state index contributed by atoms with van der Waals surface area (Å²) in [5.41, 5.74) is 4.22. The SMILES string of the molecule is CC(C)(C)P(Cc1ccccc1C(P)(c1cnccn1)c1cnccn1)C(C)(C)C. The van der Waals surface area contributed by atoms with Crippen LogP contribution in [0.25, 0.3) is 0 Å². The van der Waals surface area contributed by atoms with E-state index in [4.69, 9.17) is 0 Å². The second-order valence-corrected chi connectivity index (χ2v) is 14.3. The van der Waals surface area contributed by atoms with Gasteiger partial charge in [0.1, 0.15) is 0 Å². The predicted molar refractivity (Wildman–Crippen MR) is 130 cm³/mol. The second kappa shape index (κ2) is 8.77. The smallest absolute Gasteiger partial charge is 0.0967 e. The molecule has 0 N–H and O–H groups in total. The van der Waals surface area contributed by atoms with Crippen LogP contribution >= 0.6 is 17.2 Å². The fourth-order valence-electron chi connectivity index (χ4n) is 4.11. The molecule has 0 amide bonds. The lowest BCUT2D eigenvalue weighted by molar-refractivity contribution is 0.701. The first-order valence-corrected chi connectivity index (χ1v) is 12.3. The minimum Gasteiger partial charge on any atom is -0.261 e. The lowest BCUT2D eigenvalue weighted by Gasteiger charge is -2.42. The van der Waals surface area contributed by atoms with Gasteiger partial charge in [0.25, 0.3) is 0 Å². The summed E-state index contributed by atoms with van der Waals surface area (Å²) in [6, 6.07) is 8.69. The molecule has 3 rings (SSSR count). The minimum atomic E-state index is -0.615. The van der Waals surface area contributed by atoms with Crippen LogP contribution in [0.5, 0.6) is 0 Å². The summed E-state index contributed by atoms with van der Waals surface area (Å²) in [6.45, 7) is 14.2. The maximum absolute atomic E-state index is 4.68. The largest absolute Gasteiger partial charge is 0.261 e. The van der Waals surface area contributed by atoms with Gasteiger partial charge in [-0.25, -0.2) is 0 Å². The Morgan fingerprint density at radius 1 is 0.767 bits per heavy atom. The second-order valence-electron chi connectivity index (χ2n) is 9.57. The van der Waals surface area contributed by atoms with Crippen molar-refractivity contribution in [3.8, 4) is 0 Å². The van der Waals surface area contributed by atoms with Gasteiger partial charge in [-0.2, -0.15) is 0 Å². The molecule has 2 aromatic heterocycles. The van der Waals surface area contributed by atoms with Gasteiger partial charge in [-0.1, -0.05) is 73.7 Å². The molecule has 0 aliphatic heterocycles. The Hall–Kier alpha value is -1.76. The van der Waals surface area contributed by atoms with Crippen LogP contribution in [0.4, 0.5) is 0 Å². The molecular weight excluding hydrogens is 406 g/mol. The highest BCUT2D eigenvalue weighted by molar-refractivity contribution is 7.60. The highest BCUT2D eigenvalue weighted by Gasteiger charge is 2.39. The Balaban J connectivity index is 2.20. The van der Waals surface area contributed by atoms with Crippen molar-refractivity contribution in [2.24, 2.45) is 0 Å². The van der Waals surface area contributed by atoms with Crippen molar-refractivity contribution in [3.63, 3.8) is 0 Å². The van der Waals surface area contributed by atoms with Gasteiger partial charge < -0.3 is 0 Å². The molecule has 1 aromatic carbocycles. The van der Waals surface area contributed by atoms with Crippen molar-refractivity contribution < 1.29 is 0 Å². The normalized spacial score (nSPS) is 12.9. The van der Waals surface area contributed by atoms with E-state index >= 15 is 0 Å². The highest BCUT2D eigenvalue weighted by atomic mass is 31.1. The molecule has 6 heteroatoms. The van der Waals surface area contributed by atoms with Crippen molar-refractivity contribution >= 4 is 17.2 Å². The summed E-state index contributed by atoms with van der Waals surface area (Å²) in [5.74, 6) is 0. The first-order valence-electron chi connectivity index (χ1n) is 10.2. The van der Waals surface area contributed by atoms with Gasteiger partial charge in [0.2, 0.25) is 0 Å². The van der Waals surface area contributed by atoms with E-state index in [0.29, 0.717) is 0 Å². The van der Waals surface area contributed by atoms with Crippen LogP contribution in [0.15, 0.2) is 61.4 Å². The zero-order chi connectivity index (χ0) is 22.0. The summed E-state index contributed by atoms with van der Waals surface area (Å²) in [5, 5.41) is -0.136. The van der Waals surface area contributed by atoms with E-state index in [1.54, 1.807) is 24.8 Å². The zero-order valence-electron chi connectivity index (χ0n) is 18.8. The Bertz CT molecular complexity index is 910. The van der Waals surface area contributed by atoms with E-state index in [-0.39, 0.29) is 18.2 Å². The molecule has 0 bridgehead atoms. The molecular formula is C24H32N4P2. The fourth-order valence-corrected chi connectivity index (χ4v) is 8.26. The molecule has 158 valence electrons. The van der Waals surface area contributed by atoms with Crippen LogP contribution in [0.1, 0.15) is 64.1 Å². The van der Waals surface area contributed by atoms with E-state index in [1.165, 1.54) is 11.1 Å². The lowest BCUT2D eigenvalue weighted by Crippen LogP contribution is -2.29. The molecule has 4 nitrogen and oxygen atoms in total. The number of nitrogens with zero attached hydrogens (tertiary/aromatic N) is 4. The topological polar surface area (TPSA) is 51.6 Å². The van der Waals surface area contributed by atoms with Gasteiger partial charge >= 0.3 is 0 Å². The molecule has 1 atom stereocenters. The summed E-state index contributed by atoms with van der Waals surface area (Å²) in [7, 11) is 2.72. The first kappa shape index (κ1) is 22.9. The molecule has 0 saturated carbocycles. The van der Waals surface area contributed by atoms with Crippen LogP contribution in [0.2, 0.25) is 0 Å². The van der Waals surface area contributed by atoms with Gasteiger partial charge in [-0.05, 0) is 27.6 Å². The van der Waals surface area contributed by atoms with Crippen molar-refractivity contribution in [1.29, 1.82) is 0 Å². The maximum atomic E-state index is 4.68. The van der Waals surface area contributed by atoms with Crippen molar-refractivity contribution in [3.05, 3.63) is 84.0 Å². The third kappa shape index (κ3) is 4.76. The van der Waals surface area contributed by atoms with Crippen LogP contribution in [0, 0.1) is 0 Å². The average molecular weight is 438 g/mol. The maximum Gasteiger partial charge on any atom is 0.0967 e. The van der Waals surface area contributed by atoms with E-state index in [0.717, 1.165) is 17.5 Å². The predicted octanol–water partition coefficient (Wildman–Crippen LogP) is 6.01. The molecule has 0 aliphatic rings. The molecule has 1 unspecified atom stereocenters. The summed E-state index contributed by atoms with van der Waals surface area (Å²) in [6.07, 6.45) is 11.6. The number of hydrogen-bond donors (Lipinski definition) is 0. The number of hydrogen-bond acceptors (Lipinski definition) is 4. The third-order valence-electron chi connectivity index (χ3n) is 5.32. The van der Waals surface area contributed by atoms with Crippen LogP contribution in [-0.4, -0.2) is 30.2 Å². The van der Waals surface area contributed by atoms with Gasteiger partial charge in [0.05, 0.1) is 28.9 Å². The lowest BCUT2D eigenvalue weighted by atomic mass is 9.88.